The molecule has 3 aromatic rings. The van der Waals surface area contributed by atoms with Crippen molar-refractivity contribution in [1.82, 2.24) is 24.8 Å². The lowest BCUT2D eigenvalue weighted by molar-refractivity contribution is 0.166. The van der Waals surface area contributed by atoms with Crippen molar-refractivity contribution in [1.29, 1.82) is 5.26 Å². The average Bonchev–Trinajstić information content (AvgIpc) is 3.13. The molecule has 1 aliphatic rings. The van der Waals surface area contributed by atoms with Gasteiger partial charge in [0, 0.05) is 31.7 Å². The molecule has 3 heterocycles. The van der Waals surface area contributed by atoms with Crippen LogP contribution in [0.25, 0.3) is 11.0 Å². The molecule has 1 fully saturated rings. The summed E-state index contributed by atoms with van der Waals surface area (Å²) in [6, 6.07) is 13.9. The van der Waals surface area contributed by atoms with Crippen LogP contribution in [0.3, 0.4) is 0 Å². The molecule has 8 heteroatoms. The van der Waals surface area contributed by atoms with E-state index < -0.39 is 0 Å². The van der Waals surface area contributed by atoms with E-state index in [1.54, 1.807) is 6.07 Å². The zero-order valence-corrected chi connectivity index (χ0v) is 19.7. The van der Waals surface area contributed by atoms with E-state index in [2.05, 4.69) is 71.3 Å². The van der Waals surface area contributed by atoms with Crippen molar-refractivity contribution < 1.29 is 4.74 Å². The third-order valence-corrected chi connectivity index (χ3v) is 6.01. The lowest BCUT2D eigenvalue weighted by atomic mass is 10.1. The number of ether oxygens (including phenoxy) is 1. The SMILES string of the molecule is CCCCOc1nc(N)c2cc(C#N)n(Cc3ccc(CN4C[C@@H](C)N[C@@H](C)C4)cc3)c2n1. The summed E-state index contributed by atoms with van der Waals surface area (Å²) in [4.78, 5) is 11.3. The highest BCUT2D eigenvalue weighted by molar-refractivity contribution is 5.88. The molecule has 33 heavy (non-hydrogen) atoms. The van der Waals surface area contributed by atoms with E-state index in [-0.39, 0.29) is 6.01 Å². The molecule has 1 saturated heterocycles. The summed E-state index contributed by atoms with van der Waals surface area (Å²) in [7, 11) is 0. The van der Waals surface area contributed by atoms with Crippen LogP contribution in [0.4, 0.5) is 5.82 Å². The third-order valence-electron chi connectivity index (χ3n) is 6.01. The summed E-state index contributed by atoms with van der Waals surface area (Å²) in [6.07, 6.45) is 1.94. The molecule has 8 nitrogen and oxygen atoms in total. The summed E-state index contributed by atoms with van der Waals surface area (Å²) in [5, 5.41) is 13.9. The number of hydrogen-bond acceptors (Lipinski definition) is 7. The second-order valence-corrected chi connectivity index (χ2v) is 9.04. The van der Waals surface area contributed by atoms with Gasteiger partial charge in [-0.25, -0.2) is 0 Å². The molecule has 0 aliphatic carbocycles. The molecule has 0 spiro atoms. The van der Waals surface area contributed by atoms with E-state index in [9.17, 15) is 5.26 Å². The van der Waals surface area contributed by atoms with Crippen LogP contribution in [-0.2, 0) is 13.1 Å². The number of nitrogens with one attached hydrogen (secondary N) is 1. The molecule has 3 N–H and O–H groups in total. The van der Waals surface area contributed by atoms with Crippen molar-refractivity contribution in [2.45, 2.75) is 58.8 Å². The second-order valence-electron chi connectivity index (χ2n) is 9.04. The highest BCUT2D eigenvalue weighted by Gasteiger charge is 2.21. The number of nitrogen functional groups attached to an aromatic ring is 1. The van der Waals surface area contributed by atoms with Crippen molar-refractivity contribution in [2.24, 2.45) is 0 Å². The van der Waals surface area contributed by atoms with Crippen molar-refractivity contribution in [2.75, 3.05) is 25.4 Å². The van der Waals surface area contributed by atoms with Crippen molar-refractivity contribution in [3.8, 4) is 12.1 Å². The Balaban J connectivity index is 1.53. The van der Waals surface area contributed by atoms with E-state index in [0.29, 0.717) is 47.8 Å². The van der Waals surface area contributed by atoms with Gasteiger partial charge in [0.15, 0.2) is 5.65 Å². The normalized spacial score (nSPS) is 19.0. The monoisotopic (exact) mass is 447 g/mol. The minimum Gasteiger partial charge on any atom is -0.463 e. The molecule has 0 unspecified atom stereocenters. The van der Waals surface area contributed by atoms with Gasteiger partial charge in [-0.05, 0) is 37.5 Å². The van der Waals surface area contributed by atoms with Crippen LogP contribution in [0.5, 0.6) is 6.01 Å². The topological polar surface area (TPSA) is 105 Å². The van der Waals surface area contributed by atoms with Gasteiger partial charge in [-0.1, -0.05) is 37.6 Å². The predicted molar refractivity (Wildman–Crippen MR) is 130 cm³/mol. The molecule has 174 valence electrons. The molecule has 0 saturated carbocycles. The highest BCUT2D eigenvalue weighted by Crippen LogP contribution is 2.26. The first-order valence-electron chi connectivity index (χ1n) is 11.7. The van der Waals surface area contributed by atoms with E-state index in [1.165, 1.54) is 5.56 Å². The van der Waals surface area contributed by atoms with Crippen LogP contribution in [0.15, 0.2) is 30.3 Å². The van der Waals surface area contributed by atoms with Crippen molar-refractivity contribution in [3.63, 3.8) is 0 Å². The Bertz CT molecular complexity index is 1120. The van der Waals surface area contributed by atoms with E-state index in [1.807, 2.05) is 4.57 Å². The quantitative estimate of drug-likeness (QED) is 0.511. The largest absolute Gasteiger partial charge is 0.463 e. The van der Waals surface area contributed by atoms with Gasteiger partial charge in [0.2, 0.25) is 0 Å². The van der Waals surface area contributed by atoms with Crippen LogP contribution >= 0.6 is 0 Å². The smallest absolute Gasteiger partial charge is 0.320 e. The van der Waals surface area contributed by atoms with Crippen molar-refractivity contribution in [3.05, 3.63) is 47.2 Å². The van der Waals surface area contributed by atoms with Crippen molar-refractivity contribution >= 4 is 16.9 Å². The van der Waals surface area contributed by atoms with Gasteiger partial charge in [0.1, 0.15) is 17.6 Å². The van der Waals surface area contributed by atoms with E-state index >= 15 is 0 Å². The number of nitriles is 1. The van der Waals surface area contributed by atoms with Gasteiger partial charge in [-0.15, -0.1) is 0 Å². The number of nitrogens with two attached hydrogens (primary N) is 1. The molecular formula is C25H33N7O. The number of unbranched alkanes of at least 4 members (excludes halogenated alkanes) is 1. The number of piperazine rings is 1. The number of hydrogen-bond donors (Lipinski definition) is 2. The first-order valence-corrected chi connectivity index (χ1v) is 11.7. The summed E-state index contributed by atoms with van der Waals surface area (Å²) in [5.41, 5.74) is 9.67. The minimum atomic E-state index is 0.257. The van der Waals surface area contributed by atoms with Crippen LogP contribution in [0.1, 0.15) is 50.4 Å². The zero-order valence-electron chi connectivity index (χ0n) is 19.7. The average molecular weight is 448 g/mol. The lowest BCUT2D eigenvalue weighted by Crippen LogP contribution is -2.53. The molecule has 0 amide bonds. The number of fused-ring (bicyclic) bond motifs is 1. The van der Waals surface area contributed by atoms with Crippen LogP contribution < -0.4 is 15.8 Å². The summed E-state index contributed by atoms with van der Waals surface area (Å²) in [6.45, 7) is 10.7. The molecule has 1 aromatic carbocycles. The van der Waals surface area contributed by atoms with Crippen LogP contribution in [0, 0.1) is 11.3 Å². The Morgan fingerprint density at radius 1 is 1.12 bits per heavy atom. The van der Waals surface area contributed by atoms with E-state index in [4.69, 9.17) is 10.5 Å². The molecule has 4 rings (SSSR count). The Morgan fingerprint density at radius 3 is 2.42 bits per heavy atom. The first-order chi connectivity index (χ1) is 16.0. The van der Waals surface area contributed by atoms with Crippen LogP contribution in [-0.4, -0.2) is 51.2 Å². The molecule has 0 bridgehead atoms. The maximum atomic E-state index is 9.70. The van der Waals surface area contributed by atoms with Gasteiger partial charge in [0.05, 0.1) is 18.5 Å². The fourth-order valence-electron chi connectivity index (χ4n) is 4.51. The first kappa shape index (κ1) is 23.0. The summed E-state index contributed by atoms with van der Waals surface area (Å²) < 4.78 is 7.56. The molecule has 1 aliphatic heterocycles. The fraction of sp³-hybridized carbons (Fsp3) is 0.480. The number of aromatic nitrogens is 3. The van der Waals surface area contributed by atoms with Gasteiger partial charge in [-0.2, -0.15) is 15.2 Å². The Labute approximate surface area is 195 Å². The predicted octanol–water partition coefficient (Wildman–Crippen LogP) is 3.29. The fourth-order valence-corrected chi connectivity index (χ4v) is 4.51. The summed E-state index contributed by atoms with van der Waals surface area (Å²) in [5.74, 6) is 0.330. The number of nitrogens with zero attached hydrogens (tertiary/aromatic N) is 5. The minimum absolute atomic E-state index is 0.257. The van der Waals surface area contributed by atoms with Gasteiger partial charge >= 0.3 is 6.01 Å². The number of anilines is 1. The van der Waals surface area contributed by atoms with Gasteiger partial charge in [-0.3, -0.25) is 4.90 Å². The summed E-state index contributed by atoms with van der Waals surface area (Å²) >= 11 is 0. The standard InChI is InChI=1S/C25H33N7O/c1-4-5-10-33-25-29-23(27)22-11-21(12-26)32(24(22)30-25)16-20-8-6-19(7-9-20)15-31-13-17(2)28-18(3)14-31/h6-9,11,17-18,28H,4-5,10,13-16H2,1-3H3,(H2,27,29,30)/t17-,18+. The maximum absolute atomic E-state index is 9.70. The van der Waals surface area contributed by atoms with Gasteiger partial charge < -0.3 is 20.4 Å². The molecule has 2 atom stereocenters. The Hall–Kier alpha value is -3.15. The Kier molecular flexibility index (Phi) is 7.11. The van der Waals surface area contributed by atoms with Crippen LogP contribution in [0.2, 0.25) is 0 Å². The molecular weight excluding hydrogens is 414 g/mol. The maximum Gasteiger partial charge on any atom is 0.320 e. The third kappa shape index (κ3) is 5.44. The molecule has 0 radical (unpaired) electrons. The zero-order chi connectivity index (χ0) is 23.4. The highest BCUT2D eigenvalue weighted by atomic mass is 16.5. The van der Waals surface area contributed by atoms with E-state index in [0.717, 1.165) is 38.0 Å². The number of rotatable bonds is 8. The molecule has 2 aromatic heterocycles. The second kappa shape index (κ2) is 10.2. The number of benzene rings is 1. The lowest BCUT2D eigenvalue weighted by Gasteiger charge is -2.36. The Morgan fingerprint density at radius 2 is 1.79 bits per heavy atom. The van der Waals surface area contributed by atoms with Gasteiger partial charge in [0.25, 0.3) is 0 Å².